The van der Waals surface area contributed by atoms with Gasteiger partial charge in [-0.1, -0.05) is 60.1 Å². The van der Waals surface area contributed by atoms with Crippen LogP contribution in [0.1, 0.15) is 33.3 Å². The fraction of sp³-hybridized carbons (Fsp3) is 0.0741. The monoisotopic (exact) mass is 469 g/mol. The number of aliphatic hydroxyl groups is 1. The van der Waals surface area contributed by atoms with E-state index >= 15 is 0 Å². The van der Waals surface area contributed by atoms with Crippen LogP contribution < -0.4 is 5.32 Å². The third kappa shape index (κ3) is 3.99. The first kappa shape index (κ1) is 22.0. The summed E-state index contributed by atoms with van der Waals surface area (Å²) in [5.41, 5.74) is 4.62. The van der Waals surface area contributed by atoms with E-state index in [9.17, 15) is 9.90 Å². The van der Waals surface area contributed by atoms with Crippen LogP contribution in [0.3, 0.4) is 0 Å². The van der Waals surface area contributed by atoms with Gasteiger partial charge >= 0.3 is 0 Å². The number of hydrogen-bond donors (Lipinski definition) is 3. The summed E-state index contributed by atoms with van der Waals surface area (Å²) in [4.78, 5) is 18.6. The van der Waals surface area contributed by atoms with Gasteiger partial charge in [-0.15, -0.1) is 0 Å². The Kier molecular flexibility index (Phi) is 5.94. The maximum absolute atomic E-state index is 13.1. The van der Waals surface area contributed by atoms with Gasteiger partial charge in [-0.3, -0.25) is 20.1 Å². The predicted octanol–water partition coefficient (Wildman–Crippen LogP) is 4.27. The molecule has 1 atom stereocenters. The van der Waals surface area contributed by atoms with E-state index in [2.05, 4.69) is 4.98 Å². The van der Waals surface area contributed by atoms with Gasteiger partial charge in [-0.2, -0.15) is 0 Å². The minimum Gasteiger partial charge on any atom is -0.369 e. The number of pyridine rings is 1. The molecule has 4 N–H and O–H groups in total. The Hall–Kier alpha value is -3.84. The summed E-state index contributed by atoms with van der Waals surface area (Å²) in [5, 5.41) is 22.4. The number of carbonyl (C=O) groups excluding carboxylic acids is 1. The van der Waals surface area contributed by atoms with Crippen molar-refractivity contribution in [3.8, 4) is 11.3 Å². The van der Waals surface area contributed by atoms with Crippen LogP contribution in [0.5, 0.6) is 0 Å². The highest BCUT2D eigenvalue weighted by Crippen LogP contribution is 2.34. The summed E-state index contributed by atoms with van der Waals surface area (Å²) in [6, 6.07) is 26.0. The summed E-state index contributed by atoms with van der Waals surface area (Å²) >= 11 is 6.38. The van der Waals surface area contributed by atoms with Crippen LogP contribution >= 0.6 is 11.6 Å². The average molecular weight is 470 g/mol. The number of halogens is 1. The SMILES string of the molecule is N=C(c1cc(-c2ncccc2Cl)ccc1[NH2+]Cc1ccccc1)N1C(=O)c2ccccc2C1O. The number of amides is 1. The highest BCUT2D eigenvalue weighted by atomic mass is 35.5. The lowest BCUT2D eigenvalue weighted by Gasteiger charge is -2.23. The van der Waals surface area contributed by atoms with Crippen LogP contribution in [-0.4, -0.2) is 26.7 Å². The second kappa shape index (κ2) is 9.19. The summed E-state index contributed by atoms with van der Waals surface area (Å²) in [5.74, 6) is -0.481. The number of nitrogens with two attached hydrogens (primary N) is 1. The first-order chi connectivity index (χ1) is 16.5. The zero-order valence-electron chi connectivity index (χ0n) is 18.1. The van der Waals surface area contributed by atoms with Crippen LogP contribution in [0.2, 0.25) is 5.02 Å². The molecule has 2 heterocycles. The molecule has 168 valence electrons. The lowest BCUT2D eigenvalue weighted by molar-refractivity contribution is -0.588. The largest absolute Gasteiger partial charge is 0.369 e. The standard InChI is InChI=1S/C27H21ClN4O2/c28-22-11-6-14-30-24(22)18-12-13-23(31-16-17-7-2-1-3-8-17)21(15-18)25(29)32-26(33)19-9-4-5-10-20(19)27(32)34/h1-15,26,29,31,33H,16H2/p+1. The number of quaternary nitrogens is 1. The number of fused-ring (bicyclic) bond motifs is 1. The Labute approximate surface area is 202 Å². The molecule has 7 heteroatoms. The Morgan fingerprint density at radius 3 is 2.56 bits per heavy atom. The van der Waals surface area contributed by atoms with E-state index in [1.54, 1.807) is 48.7 Å². The molecule has 0 radical (unpaired) electrons. The molecule has 0 fully saturated rings. The first-order valence-corrected chi connectivity index (χ1v) is 11.2. The number of hydrogen-bond acceptors (Lipinski definition) is 4. The topological polar surface area (TPSA) is 93.9 Å². The van der Waals surface area contributed by atoms with Crippen LogP contribution in [0, 0.1) is 5.41 Å². The smallest absolute Gasteiger partial charge is 0.262 e. The van der Waals surface area contributed by atoms with Gasteiger partial charge in [0, 0.05) is 34.5 Å². The van der Waals surface area contributed by atoms with Crippen LogP contribution in [-0.2, 0) is 6.54 Å². The van der Waals surface area contributed by atoms with E-state index in [-0.39, 0.29) is 5.84 Å². The van der Waals surface area contributed by atoms with Crippen LogP contribution in [0.15, 0.2) is 91.1 Å². The van der Waals surface area contributed by atoms with Crippen LogP contribution in [0.4, 0.5) is 5.69 Å². The molecule has 5 rings (SSSR count). The number of aromatic nitrogens is 1. The fourth-order valence-electron chi connectivity index (χ4n) is 4.18. The van der Waals surface area contributed by atoms with E-state index in [0.717, 1.165) is 21.7 Å². The van der Waals surface area contributed by atoms with Crippen molar-refractivity contribution >= 4 is 29.0 Å². The van der Waals surface area contributed by atoms with Crippen molar-refractivity contribution in [2.75, 3.05) is 0 Å². The Morgan fingerprint density at radius 2 is 1.79 bits per heavy atom. The van der Waals surface area contributed by atoms with Gasteiger partial charge in [-0.25, -0.2) is 0 Å². The number of nitrogens with zero attached hydrogens (tertiary/aromatic N) is 2. The highest BCUT2D eigenvalue weighted by Gasteiger charge is 2.39. The molecular weight excluding hydrogens is 448 g/mol. The van der Waals surface area contributed by atoms with Crippen molar-refractivity contribution in [3.05, 3.63) is 118 Å². The second-order valence-corrected chi connectivity index (χ2v) is 8.42. The maximum Gasteiger partial charge on any atom is 0.262 e. The molecule has 4 aromatic rings. The minimum atomic E-state index is -1.22. The normalized spacial score (nSPS) is 14.8. The molecule has 1 aromatic heterocycles. The Balaban J connectivity index is 1.55. The van der Waals surface area contributed by atoms with Crippen molar-refractivity contribution in [1.29, 1.82) is 5.41 Å². The molecule has 1 aliphatic heterocycles. The molecule has 0 saturated heterocycles. The summed E-state index contributed by atoms with van der Waals surface area (Å²) in [6.07, 6.45) is 0.437. The number of amidine groups is 1. The second-order valence-electron chi connectivity index (χ2n) is 8.01. The first-order valence-electron chi connectivity index (χ1n) is 10.9. The molecule has 1 aliphatic rings. The molecule has 0 saturated carbocycles. The lowest BCUT2D eigenvalue weighted by atomic mass is 10.0. The van der Waals surface area contributed by atoms with Gasteiger partial charge in [0.1, 0.15) is 18.1 Å². The van der Waals surface area contributed by atoms with Crippen molar-refractivity contribution in [1.82, 2.24) is 9.88 Å². The van der Waals surface area contributed by atoms with E-state index in [1.807, 2.05) is 47.8 Å². The number of rotatable bonds is 5. The quantitative estimate of drug-likeness (QED) is 0.231. The minimum absolute atomic E-state index is 0.0816. The van der Waals surface area contributed by atoms with E-state index in [1.165, 1.54) is 0 Å². The molecule has 0 bridgehead atoms. The number of aliphatic hydroxyl groups excluding tert-OH is 1. The molecule has 0 aliphatic carbocycles. The van der Waals surface area contributed by atoms with Crippen molar-refractivity contribution in [2.24, 2.45) is 0 Å². The third-order valence-electron chi connectivity index (χ3n) is 5.91. The van der Waals surface area contributed by atoms with Gasteiger partial charge in [-0.05, 0) is 30.3 Å². The zero-order chi connectivity index (χ0) is 23.7. The average Bonchev–Trinajstić information content (AvgIpc) is 3.13. The Morgan fingerprint density at radius 1 is 1.03 bits per heavy atom. The number of carbonyl (C=O) groups is 1. The van der Waals surface area contributed by atoms with Gasteiger partial charge in [0.05, 0.1) is 16.3 Å². The van der Waals surface area contributed by atoms with E-state index in [0.29, 0.717) is 34.0 Å². The maximum atomic E-state index is 13.1. The summed E-state index contributed by atoms with van der Waals surface area (Å²) in [6.45, 7) is 0.654. The van der Waals surface area contributed by atoms with E-state index < -0.39 is 12.1 Å². The summed E-state index contributed by atoms with van der Waals surface area (Å²) < 4.78 is 0. The van der Waals surface area contributed by atoms with Gasteiger partial charge in [0.25, 0.3) is 5.91 Å². The molecule has 34 heavy (non-hydrogen) atoms. The molecule has 1 unspecified atom stereocenters. The molecular formula is C27H22ClN4O2+. The summed E-state index contributed by atoms with van der Waals surface area (Å²) in [7, 11) is 0. The molecule has 6 nitrogen and oxygen atoms in total. The molecule has 0 spiro atoms. The van der Waals surface area contributed by atoms with E-state index in [4.69, 9.17) is 17.0 Å². The zero-order valence-corrected chi connectivity index (χ0v) is 18.9. The van der Waals surface area contributed by atoms with Crippen molar-refractivity contribution < 1.29 is 15.2 Å². The highest BCUT2D eigenvalue weighted by molar-refractivity contribution is 6.33. The molecule has 1 amide bonds. The number of nitrogens with one attached hydrogen (secondary N) is 1. The van der Waals surface area contributed by atoms with Gasteiger partial charge in [0.15, 0.2) is 6.23 Å². The molecule has 3 aromatic carbocycles. The number of benzene rings is 3. The third-order valence-corrected chi connectivity index (χ3v) is 6.22. The fourth-order valence-corrected chi connectivity index (χ4v) is 4.41. The lowest BCUT2D eigenvalue weighted by Crippen LogP contribution is -2.76. The van der Waals surface area contributed by atoms with Crippen molar-refractivity contribution in [2.45, 2.75) is 12.8 Å². The van der Waals surface area contributed by atoms with Crippen molar-refractivity contribution in [3.63, 3.8) is 0 Å². The predicted molar refractivity (Wildman–Crippen MR) is 131 cm³/mol. The Bertz CT molecular complexity index is 1390. The van der Waals surface area contributed by atoms with Crippen LogP contribution in [0.25, 0.3) is 11.3 Å². The van der Waals surface area contributed by atoms with Gasteiger partial charge in [0.2, 0.25) is 0 Å². The van der Waals surface area contributed by atoms with Gasteiger partial charge < -0.3 is 10.4 Å².